The highest BCUT2D eigenvalue weighted by Gasteiger charge is 2.24. The Kier molecular flexibility index (Phi) is 3.62. The molecule has 0 saturated heterocycles. The summed E-state index contributed by atoms with van der Waals surface area (Å²) in [6, 6.07) is 3.93. The van der Waals surface area contributed by atoms with Crippen LogP contribution in [0.25, 0.3) is 0 Å². The van der Waals surface area contributed by atoms with Crippen molar-refractivity contribution in [3.05, 3.63) is 24.0 Å². The van der Waals surface area contributed by atoms with Crippen LogP contribution in [0.5, 0.6) is 5.75 Å². The zero-order chi connectivity index (χ0) is 10.7. The van der Waals surface area contributed by atoms with Gasteiger partial charge < -0.3 is 4.74 Å². The van der Waals surface area contributed by atoms with Crippen LogP contribution >= 0.6 is 15.9 Å². The summed E-state index contributed by atoms with van der Waals surface area (Å²) >= 11 is 3.70. The van der Waals surface area contributed by atoms with Crippen molar-refractivity contribution >= 4 is 15.9 Å². The van der Waals surface area contributed by atoms with E-state index in [0.717, 1.165) is 11.4 Å². The Labute approximate surface area is 99.2 Å². The molecule has 1 heterocycles. The predicted molar refractivity (Wildman–Crippen MR) is 64.7 cm³/mol. The van der Waals surface area contributed by atoms with Crippen LogP contribution in [0.15, 0.2) is 18.3 Å². The van der Waals surface area contributed by atoms with Gasteiger partial charge in [-0.1, -0.05) is 22.4 Å². The van der Waals surface area contributed by atoms with Crippen LogP contribution in [0.2, 0.25) is 0 Å². The molecule has 0 bridgehead atoms. The number of methoxy groups -OCH3 is 1. The van der Waals surface area contributed by atoms with Crippen molar-refractivity contribution in [2.45, 2.75) is 36.4 Å². The zero-order valence-corrected chi connectivity index (χ0v) is 10.5. The van der Waals surface area contributed by atoms with Crippen molar-refractivity contribution in [1.82, 2.24) is 4.98 Å². The Morgan fingerprint density at radius 2 is 2.33 bits per heavy atom. The minimum absolute atomic E-state index is 0.555. The maximum atomic E-state index is 5.36. The third-order valence-electron chi connectivity index (χ3n) is 3.02. The van der Waals surface area contributed by atoms with E-state index in [9.17, 15) is 0 Å². The molecule has 82 valence electrons. The van der Waals surface area contributed by atoms with Crippen molar-refractivity contribution in [1.29, 1.82) is 0 Å². The Morgan fingerprint density at radius 3 is 3.07 bits per heavy atom. The van der Waals surface area contributed by atoms with Crippen LogP contribution in [0.3, 0.4) is 0 Å². The van der Waals surface area contributed by atoms with Crippen molar-refractivity contribution in [3.63, 3.8) is 0 Å². The van der Waals surface area contributed by atoms with Crippen LogP contribution in [-0.4, -0.2) is 16.9 Å². The first-order chi connectivity index (χ1) is 7.31. The smallest absolute Gasteiger partial charge is 0.140 e. The average Bonchev–Trinajstić information content (AvgIpc) is 2.29. The number of halogens is 1. The standard InChI is InChI=1S/C12H16BrNO/c1-15-11-6-3-7-14-12(11)9-4-2-5-10(13)8-9/h3,6-7,9-10H,2,4-5,8H2,1H3. The minimum Gasteiger partial charge on any atom is -0.495 e. The molecule has 1 aliphatic carbocycles. The molecule has 0 aromatic carbocycles. The minimum atomic E-state index is 0.555. The summed E-state index contributed by atoms with van der Waals surface area (Å²) in [4.78, 5) is 5.10. The molecule has 1 aliphatic rings. The number of nitrogens with zero attached hydrogens (tertiary/aromatic N) is 1. The third-order valence-corrected chi connectivity index (χ3v) is 3.85. The van der Waals surface area contributed by atoms with Gasteiger partial charge in [0.2, 0.25) is 0 Å². The van der Waals surface area contributed by atoms with Gasteiger partial charge in [0.05, 0.1) is 12.8 Å². The summed E-state index contributed by atoms with van der Waals surface area (Å²) in [5.41, 5.74) is 1.13. The van der Waals surface area contributed by atoms with Crippen molar-refractivity contribution in [2.75, 3.05) is 7.11 Å². The Morgan fingerprint density at radius 1 is 1.47 bits per heavy atom. The molecule has 3 heteroatoms. The molecule has 15 heavy (non-hydrogen) atoms. The molecule has 1 fully saturated rings. The number of rotatable bonds is 2. The molecule has 1 aromatic heterocycles. The lowest BCUT2D eigenvalue weighted by atomic mass is 9.86. The monoisotopic (exact) mass is 269 g/mol. The highest BCUT2D eigenvalue weighted by atomic mass is 79.9. The maximum absolute atomic E-state index is 5.36. The molecule has 0 aliphatic heterocycles. The van der Waals surface area contributed by atoms with Crippen LogP contribution < -0.4 is 4.74 Å². The van der Waals surface area contributed by atoms with Gasteiger partial charge >= 0.3 is 0 Å². The van der Waals surface area contributed by atoms with E-state index in [2.05, 4.69) is 20.9 Å². The molecule has 0 amide bonds. The summed E-state index contributed by atoms with van der Waals surface area (Å²) in [5.74, 6) is 1.49. The second-order valence-electron chi connectivity index (χ2n) is 4.05. The van der Waals surface area contributed by atoms with Crippen molar-refractivity contribution < 1.29 is 4.74 Å². The first-order valence-corrected chi connectivity index (χ1v) is 6.36. The zero-order valence-electron chi connectivity index (χ0n) is 8.95. The van der Waals surface area contributed by atoms with Gasteiger partial charge in [0.25, 0.3) is 0 Å². The number of hydrogen-bond donors (Lipinski definition) is 0. The van der Waals surface area contributed by atoms with E-state index in [0.29, 0.717) is 10.7 Å². The lowest BCUT2D eigenvalue weighted by Gasteiger charge is -2.26. The maximum Gasteiger partial charge on any atom is 0.140 e. The largest absolute Gasteiger partial charge is 0.495 e. The van der Waals surface area contributed by atoms with Crippen LogP contribution in [0.1, 0.15) is 37.3 Å². The van der Waals surface area contributed by atoms with E-state index >= 15 is 0 Å². The second kappa shape index (κ2) is 4.97. The molecule has 1 aromatic rings. The molecule has 2 atom stereocenters. The molecule has 0 radical (unpaired) electrons. The SMILES string of the molecule is COc1cccnc1C1CCCC(Br)C1. The lowest BCUT2D eigenvalue weighted by Crippen LogP contribution is -2.15. The van der Waals surface area contributed by atoms with Gasteiger partial charge in [0.1, 0.15) is 5.75 Å². The molecule has 2 unspecified atom stereocenters. The number of alkyl halides is 1. The van der Waals surface area contributed by atoms with Crippen molar-refractivity contribution in [3.8, 4) is 5.75 Å². The van der Waals surface area contributed by atoms with E-state index in [1.807, 2.05) is 18.3 Å². The van der Waals surface area contributed by atoms with E-state index in [-0.39, 0.29) is 0 Å². The molecule has 2 nitrogen and oxygen atoms in total. The Balaban J connectivity index is 2.20. The Hall–Kier alpha value is -0.570. The summed E-state index contributed by atoms with van der Waals surface area (Å²) < 4.78 is 5.36. The fourth-order valence-electron chi connectivity index (χ4n) is 2.26. The van der Waals surface area contributed by atoms with Gasteiger partial charge in [0, 0.05) is 16.9 Å². The van der Waals surface area contributed by atoms with E-state index in [1.54, 1.807) is 7.11 Å². The third kappa shape index (κ3) is 2.51. The quantitative estimate of drug-likeness (QED) is 0.767. The molecule has 0 spiro atoms. The average molecular weight is 270 g/mol. The highest BCUT2D eigenvalue weighted by Crippen LogP contribution is 2.38. The van der Waals surface area contributed by atoms with E-state index in [1.165, 1.54) is 25.7 Å². The molecular formula is C12H16BrNO. The Bertz CT molecular complexity index is 329. The normalized spacial score (nSPS) is 26.3. The van der Waals surface area contributed by atoms with Crippen LogP contribution in [0.4, 0.5) is 0 Å². The summed E-state index contributed by atoms with van der Waals surface area (Å²) in [6.07, 6.45) is 6.82. The topological polar surface area (TPSA) is 22.1 Å². The summed E-state index contributed by atoms with van der Waals surface area (Å²) in [7, 11) is 1.72. The summed E-state index contributed by atoms with van der Waals surface area (Å²) in [5, 5.41) is 0. The van der Waals surface area contributed by atoms with Gasteiger partial charge in [-0.25, -0.2) is 0 Å². The molecule has 0 N–H and O–H groups in total. The van der Waals surface area contributed by atoms with Crippen LogP contribution in [0, 0.1) is 0 Å². The van der Waals surface area contributed by atoms with Gasteiger partial charge in [0.15, 0.2) is 0 Å². The van der Waals surface area contributed by atoms with Crippen molar-refractivity contribution in [2.24, 2.45) is 0 Å². The lowest BCUT2D eigenvalue weighted by molar-refractivity contribution is 0.384. The second-order valence-corrected chi connectivity index (χ2v) is 5.35. The number of hydrogen-bond acceptors (Lipinski definition) is 2. The van der Waals surface area contributed by atoms with Gasteiger partial charge in [-0.05, 0) is 31.4 Å². The number of ether oxygens (including phenoxy) is 1. The number of aromatic nitrogens is 1. The fourth-order valence-corrected chi connectivity index (χ4v) is 3.04. The molecule has 1 saturated carbocycles. The predicted octanol–water partition coefficient (Wildman–Crippen LogP) is 3.51. The van der Waals surface area contributed by atoms with E-state index < -0.39 is 0 Å². The first kappa shape index (κ1) is 10.9. The van der Waals surface area contributed by atoms with Gasteiger partial charge in [-0.3, -0.25) is 4.98 Å². The highest BCUT2D eigenvalue weighted by molar-refractivity contribution is 9.09. The fraction of sp³-hybridized carbons (Fsp3) is 0.583. The van der Waals surface area contributed by atoms with Crippen LogP contribution in [-0.2, 0) is 0 Å². The summed E-state index contributed by atoms with van der Waals surface area (Å²) in [6.45, 7) is 0. The van der Waals surface area contributed by atoms with Gasteiger partial charge in [-0.2, -0.15) is 0 Å². The molecular weight excluding hydrogens is 254 g/mol. The number of pyridine rings is 1. The van der Waals surface area contributed by atoms with E-state index in [4.69, 9.17) is 4.74 Å². The first-order valence-electron chi connectivity index (χ1n) is 5.44. The molecule has 2 rings (SSSR count). The van der Waals surface area contributed by atoms with Gasteiger partial charge in [-0.15, -0.1) is 0 Å².